The Morgan fingerprint density at radius 1 is 1.12 bits per heavy atom. The summed E-state index contributed by atoms with van der Waals surface area (Å²) in [4.78, 5) is 2.20. The summed E-state index contributed by atoms with van der Waals surface area (Å²) in [5.74, 6) is 0. The van der Waals surface area contributed by atoms with Crippen LogP contribution in [0.25, 0.3) is 10.8 Å². The number of ether oxygens (including phenoxy) is 1. The molecule has 0 aliphatic carbocycles. The third-order valence-corrected chi connectivity index (χ3v) is 3.14. The van der Waals surface area contributed by atoms with E-state index < -0.39 is 0 Å². The maximum atomic E-state index is 5.79. The van der Waals surface area contributed by atoms with Gasteiger partial charge in [0.2, 0.25) is 0 Å². The summed E-state index contributed by atoms with van der Waals surface area (Å²) < 4.78 is 5.79. The van der Waals surface area contributed by atoms with Crippen molar-refractivity contribution in [2.75, 3.05) is 20.3 Å². The van der Waals surface area contributed by atoms with Crippen LogP contribution in [0.1, 0.15) is 11.7 Å². The average molecular weight is 213 g/mol. The van der Waals surface area contributed by atoms with Crippen LogP contribution in [-0.2, 0) is 4.74 Å². The molecule has 0 bridgehead atoms. The van der Waals surface area contributed by atoms with Gasteiger partial charge in [-0.25, -0.2) is 0 Å². The highest BCUT2D eigenvalue weighted by molar-refractivity contribution is 5.86. The van der Waals surface area contributed by atoms with Gasteiger partial charge >= 0.3 is 0 Å². The predicted molar refractivity (Wildman–Crippen MR) is 65.3 cm³/mol. The van der Waals surface area contributed by atoms with Gasteiger partial charge in [-0.1, -0.05) is 42.5 Å². The number of hydrogen-bond donors (Lipinski definition) is 0. The van der Waals surface area contributed by atoms with E-state index in [1.54, 1.807) is 0 Å². The van der Waals surface area contributed by atoms with Crippen molar-refractivity contribution in [3.05, 3.63) is 48.0 Å². The molecule has 0 radical (unpaired) electrons. The molecule has 0 N–H and O–H groups in total. The summed E-state index contributed by atoms with van der Waals surface area (Å²) in [5.41, 5.74) is 1.31. The molecule has 2 nitrogen and oxygen atoms in total. The van der Waals surface area contributed by atoms with Gasteiger partial charge in [-0.05, 0) is 23.4 Å². The lowest BCUT2D eigenvalue weighted by molar-refractivity contribution is 0.0964. The van der Waals surface area contributed by atoms with Crippen LogP contribution in [-0.4, -0.2) is 25.2 Å². The zero-order chi connectivity index (χ0) is 11.0. The van der Waals surface area contributed by atoms with Crippen LogP contribution in [0, 0.1) is 0 Å². The highest BCUT2D eigenvalue weighted by Crippen LogP contribution is 2.29. The third-order valence-electron chi connectivity index (χ3n) is 3.14. The molecular weight excluding hydrogens is 198 g/mol. The maximum absolute atomic E-state index is 5.79. The first-order valence-corrected chi connectivity index (χ1v) is 5.62. The van der Waals surface area contributed by atoms with E-state index in [1.165, 1.54) is 16.3 Å². The third kappa shape index (κ3) is 1.60. The van der Waals surface area contributed by atoms with Crippen LogP contribution in [0.5, 0.6) is 0 Å². The topological polar surface area (TPSA) is 12.5 Å². The fourth-order valence-electron chi connectivity index (χ4n) is 2.33. The number of benzene rings is 2. The van der Waals surface area contributed by atoms with Gasteiger partial charge in [0.1, 0.15) is 0 Å². The van der Waals surface area contributed by atoms with Crippen molar-refractivity contribution in [3.63, 3.8) is 0 Å². The molecule has 1 aliphatic heterocycles. The maximum Gasteiger partial charge on any atom is 0.0997 e. The fourth-order valence-corrected chi connectivity index (χ4v) is 2.33. The fraction of sp³-hybridized carbons (Fsp3) is 0.286. The van der Waals surface area contributed by atoms with E-state index in [1.807, 2.05) is 0 Å². The Balaban J connectivity index is 2.09. The zero-order valence-corrected chi connectivity index (χ0v) is 9.39. The minimum absolute atomic E-state index is 0.219. The summed E-state index contributed by atoms with van der Waals surface area (Å²) >= 11 is 0. The van der Waals surface area contributed by atoms with Crippen LogP contribution in [0.3, 0.4) is 0 Å². The Labute approximate surface area is 95.4 Å². The van der Waals surface area contributed by atoms with Crippen molar-refractivity contribution >= 4 is 10.8 Å². The summed E-state index contributed by atoms with van der Waals surface area (Å²) in [6.45, 7) is 1.71. The Kier molecular flexibility index (Phi) is 2.39. The van der Waals surface area contributed by atoms with Crippen molar-refractivity contribution in [1.29, 1.82) is 0 Å². The Morgan fingerprint density at radius 3 is 2.75 bits per heavy atom. The lowest BCUT2D eigenvalue weighted by Crippen LogP contribution is -2.13. The number of likely N-dealkylation sites (N-methyl/N-ethyl adjacent to an activating group) is 1. The van der Waals surface area contributed by atoms with Gasteiger partial charge in [-0.2, -0.15) is 0 Å². The van der Waals surface area contributed by atoms with Crippen LogP contribution in [0.15, 0.2) is 42.5 Å². The molecule has 0 spiro atoms. The smallest absolute Gasteiger partial charge is 0.0997 e. The first-order chi connectivity index (χ1) is 7.84. The van der Waals surface area contributed by atoms with Crippen molar-refractivity contribution in [2.24, 2.45) is 0 Å². The molecule has 2 aromatic carbocycles. The molecular formula is C14H15NO. The van der Waals surface area contributed by atoms with Crippen LogP contribution in [0.4, 0.5) is 0 Å². The van der Waals surface area contributed by atoms with E-state index >= 15 is 0 Å². The van der Waals surface area contributed by atoms with E-state index in [-0.39, 0.29) is 6.10 Å². The molecule has 2 heteroatoms. The standard InChI is InChI=1S/C14H15NO/c1-15-9-14(16-10-15)13-8-4-6-11-5-2-3-7-12(11)13/h2-8,14H,9-10H2,1H3. The number of rotatable bonds is 1. The molecule has 0 amide bonds. The van der Waals surface area contributed by atoms with Gasteiger partial charge in [0.25, 0.3) is 0 Å². The van der Waals surface area contributed by atoms with Crippen LogP contribution < -0.4 is 0 Å². The van der Waals surface area contributed by atoms with Crippen molar-refractivity contribution < 1.29 is 4.74 Å². The van der Waals surface area contributed by atoms with Crippen molar-refractivity contribution in [1.82, 2.24) is 4.90 Å². The van der Waals surface area contributed by atoms with Gasteiger partial charge < -0.3 is 4.74 Å². The monoisotopic (exact) mass is 213 g/mol. The van der Waals surface area contributed by atoms with Gasteiger partial charge in [-0.3, -0.25) is 4.90 Å². The van der Waals surface area contributed by atoms with E-state index in [2.05, 4.69) is 54.4 Å². The lowest BCUT2D eigenvalue weighted by Gasteiger charge is -2.12. The number of hydrogen-bond acceptors (Lipinski definition) is 2. The van der Waals surface area contributed by atoms with E-state index in [0.29, 0.717) is 0 Å². The molecule has 1 saturated heterocycles. The molecule has 82 valence electrons. The molecule has 1 heterocycles. The molecule has 16 heavy (non-hydrogen) atoms. The summed E-state index contributed by atoms with van der Waals surface area (Å²) in [6.07, 6.45) is 0.219. The first kappa shape index (κ1) is 9.82. The number of nitrogens with zero attached hydrogens (tertiary/aromatic N) is 1. The minimum Gasteiger partial charge on any atom is -0.357 e. The molecule has 0 aromatic heterocycles. The highest BCUT2D eigenvalue weighted by Gasteiger charge is 2.22. The molecule has 1 aliphatic rings. The summed E-state index contributed by atoms with van der Waals surface area (Å²) in [7, 11) is 2.09. The minimum atomic E-state index is 0.219. The molecule has 1 atom stereocenters. The molecule has 0 saturated carbocycles. The van der Waals surface area contributed by atoms with Gasteiger partial charge in [0.05, 0.1) is 12.8 Å². The van der Waals surface area contributed by atoms with Crippen molar-refractivity contribution in [2.45, 2.75) is 6.10 Å². The van der Waals surface area contributed by atoms with Crippen molar-refractivity contribution in [3.8, 4) is 0 Å². The van der Waals surface area contributed by atoms with Gasteiger partial charge in [0.15, 0.2) is 0 Å². The van der Waals surface area contributed by atoms with Gasteiger partial charge in [0, 0.05) is 6.54 Å². The van der Waals surface area contributed by atoms with E-state index in [4.69, 9.17) is 4.74 Å². The molecule has 2 aromatic rings. The molecule has 1 fully saturated rings. The molecule has 1 unspecified atom stereocenters. The Hall–Kier alpha value is -1.38. The van der Waals surface area contributed by atoms with E-state index in [9.17, 15) is 0 Å². The number of fused-ring (bicyclic) bond motifs is 1. The second-order valence-corrected chi connectivity index (χ2v) is 4.39. The van der Waals surface area contributed by atoms with Crippen LogP contribution in [0.2, 0.25) is 0 Å². The van der Waals surface area contributed by atoms with Gasteiger partial charge in [-0.15, -0.1) is 0 Å². The predicted octanol–water partition coefficient (Wildman–Crippen LogP) is 2.80. The largest absolute Gasteiger partial charge is 0.357 e. The second kappa shape index (κ2) is 3.89. The summed E-state index contributed by atoms with van der Waals surface area (Å²) in [6, 6.07) is 14.9. The lowest BCUT2D eigenvalue weighted by atomic mass is 10.0. The zero-order valence-electron chi connectivity index (χ0n) is 9.39. The quantitative estimate of drug-likeness (QED) is 0.722. The van der Waals surface area contributed by atoms with Crippen LogP contribution >= 0.6 is 0 Å². The molecule has 3 rings (SSSR count). The first-order valence-electron chi connectivity index (χ1n) is 5.62. The normalized spacial score (nSPS) is 21.7. The highest BCUT2D eigenvalue weighted by atomic mass is 16.5. The summed E-state index contributed by atoms with van der Waals surface area (Å²) in [5, 5.41) is 2.60. The Morgan fingerprint density at radius 2 is 1.94 bits per heavy atom. The second-order valence-electron chi connectivity index (χ2n) is 4.39. The average Bonchev–Trinajstić information content (AvgIpc) is 2.75. The SMILES string of the molecule is CN1COC(c2cccc3ccccc23)C1. The Bertz CT molecular complexity index is 504. The van der Waals surface area contributed by atoms with E-state index in [0.717, 1.165) is 13.3 Å².